The first kappa shape index (κ1) is 10.5. The van der Waals surface area contributed by atoms with Crippen molar-refractivity contribution in [1.82, 2.24) is 0 Å². The molecular weight excluding hydrogens is 189 g/mol. The van der Waals surface area contributed by atoms with Crippen LogP contribution in [0.1, 0.15) is 24.0 Å². The van der Waals surface area contributed by atoms with E-state index in [4.69, 9.17) is 5.73 Å². The molecule has 1 nitrogen and oxygen atoms in total. The second kappa shape index (κ2) is 3.28. The van der Waals surface area contributed by atoms with Gasteiger partial charge in [0.1, 0.15) is 5.82 Å². The predicted octanol–water partition coefficient (Wildman–Crippen LogP) is 2.50. The highest BCUT2D eigenvalue weighted by molar-refractivity contribution is 5.85. The van der Waals surface area contributed by atoms with Crippen LogP contribution in [0.3, 0.4) is 0 Å². The molecule has 1 aliphatic rings. The highest BCUT2D eigenvalue weighted by atomic mass is 35.5. The second-order valence-electron chi connectivity index (χ2n) is 3.59. The first-order valence-corrected chi connectivity index (χ1v) is 4.18. The molecule has 1 saturated carbocycles. The zero-order valence-electron chi connectivity index (χ0n) is 7.51. The molecule has 1 aliphatic carbocycles. The van der Waals surface area contributed by atoms with Crippen molar-refractivity contribution in [2.75, 3.05) is 0 Å². The van der Waals surface area contributed by atoms with E-state index in [1.54, 1.807) is 6.07 Å². The van der Waals surface area contributed by atoms with E-state index in [1.807, 2.05) is 13.0 Å². The Labute approximate surface area is 83.5 Å². The number of hydrogen-bond donors (Lipinski definition) is 1. The molecular formula is C10H13ClFN. The molecule has 3 heteroatoms. The van der Waals surface area contributed by atoms with E-state index in [0.29, 0.717) is 5.56 Å². The average Bonchev–Trinajstić information content (AvgIpc) is 2.68. The number of rotatable bonds is 1. The zero-order chi connectivity index (χ0) is 8.77. The van der Waals surface area contributed by atoms with Crippen LogP contribution in [0.5, 0.6) is 0 Å². The molecule has 0 amide bonds. The summed E-state index contributed by atoms with van der Waals surface area (Å²) in [5.74, 6) is -0.157. The van der Waals surface area contributed by atoms with Crippen LogP contribution >= 0.6 is 12.4 Å². The molecule has 0 radical (unpaired) electrons. The van der Waals surface area contributed by atoms with Crippen molar-refractivity contribution in [3.05, 3.63) is 35.1 Å². The van der Waals surface area contributed by atoms with Gasteiger partial charge in [0, 0.05) is 11.1 Å². The van der Waals surface area contributed by atoms with Crippen molar-refractivity contribution in [2.45, 2.75) is 25.3 Å². The summed E-state index contributed by atoms with van der Waals surface area (Å²) in [6.45, 7) is 1.91. The van der Waals surface area contributed by atoms with Crippen LogP contribution in [-0.4, -0.2) is 0 Å². The van der Waals surface area contributed by atoms with E-state index in [-0.39, 0.29) is 23.8 Å². The first-order chi connectivity index (χ1) is 5.63. The van der Waals surface area contributed by atoms with Gasteiger partial charge in [0.15, 0.2) is 0 Å². The van der Waals surface area contributed by atoms with Gasteiger partial charge < -0.3 is 5.73 Å². The maximum absolute atomic E-state index is 13.3. The summed E-state index contributed by atoms with van der Waals surface area (Å²) in [6, 6.07) is 5.11. The summed E-state index contributed by atoms with van der Waals surface area (Å²) in [5, 5.41) is 0. The Hall–Kier alpha value is -0.600. The minimum Gasteiger partial charge on any atom is -0.321 e. The van der Waals surface area contributed by atoms with Gasteiger partial charge in [-0.1, -0.05) is 12.1 Å². The molecule has 0 heterocycles. The Balaban J connectivity index is 0.000000845. The fourth-order valence-electron chi connectivity index (χ4n) is 1.65. The third-order valence-electron chi connectivity index (χ3n) is 2.51. The standard InChI is InChI=1S/C10H12FN.ClH/c1-7-3-2-4-8(11)9(7)10(12)5-6-10;/h2-4H,5-6,12H2,1H3;1H. The molecule has 0 aliphatic heterocycles. The van der Waals surface area contributed by atoms with Crippen molar-refractivity contribution < 1.29 is 4.39 Å². The molecule has 0 atom stereocenters. The highest BCUT2D eigenvalue weighted by Gasteiger charge is 2.42. The average molecular weight is 202 g/mol. The fraction of sp³-hybridized carbons (Fsp3) is 0.400. The van der Waals surface area contributed by atoms with Crippen molar-refractivity contribution in [1.29, 1.82) is 0 Å². The maximum Gasteiger partial charge on any atom is 0.128 e. The monoisotopic (exact) mass is 201 g/mol. The van der Waals surface area contributed by atoms with E-state index in [2.05, 4.69) is 0 Å². The van der Waals surface area contributed by atoms with E-state index in [9.17, 15) is 4.39 Å². The molecule has 0 unspecified atom stereocenters. The number of nitrogens with two attached hydrogens (primary N) is 1. The van der Waals surface area contributed by atoms with Crippen molar-refractivity contribution in [3.63, 3.8) is 0 Å². The highest BCUT2D eigenvalue weighted by Crippen LogP contribution is 2.44. The summed E-state index contributed by atoms with van der Waals surface area (Å²) < 4.78 is 13.3. The van der Waals surface area contributed by atoms with Gasteiger partial charge >= 0.3 is 0 Å². The van der Waals surface area contributed by atoms with Crippen LogP contribution in [0.25, 0.3) is 0 Å². The Kier molecular flexibility index (Phi) is 2.64. The molecule has 1 fully saturated rings. The Bertz CT molecular complexity index is 300. The van der Waals surface area contributed by atoms with Gasteiger partial charge in [-0.05, 0) is 31.4 Å². The maximum atomic E-state index is 13.3. The smallest absolute Gasteiger partial charge is 0.128 e. The molecule has 2 rings (SSSR count). The number of halogens is 2. The summed E-state index contributed by atoms with van der Waals surface area (Å²) in [4.78, 5) is 0. The molecule has 0 saturated heterocycles. The van der Waals surface area contributed by atoms with Gasteiger partial charge in [-0.3, -0.25) is 0 Å². The van der Waals surface area contributed by atoms with Crippen molar-refractivity contribution in [3.8, 4) is 0 Å². The van der Waals surface area contributed by atoms with Crippen LogP contribution in [0.4, 0.5) is 4.39 Å². The lowest BCUT2D eigenvalue weighted by Gasteiger charge is -2.13. The van der Waals surface area contributed by atoms with Gasteiger partial charge in [0.25, 0.3) is 0 Å². The fourth-order valence-corrected chi connectivity index (χ4v) is 1.65. The zero-order valence-corrected chi connectivity index (χ0v) is 8.33. The van der Waals surface area contributed by atoms with E-state index in [0.717, 1.165) is 18.4 Å². The minimum absolute atomic E-state index is 0. The summed E-state index contributed by atoms with van der Waals surface area (Å²) in [6.07, 6.45) is 1.82. The van der Waals surface area contributed by atoms with Gasteiger partial charge in [0.05, 0.1) is 0 Å². The number of benzene rings is 1. The van der Waals surface area contributed by atoms with Crippen LogP contribution in [0, 0.1) is 12.7 Å². The van der Waals surface area contributed by atoms with E-state index >= 15 is 0 Å². The molecule has 72 valence electrons. The summed E-state index contributed by atoms with van der Waals surface area (Å²) in [7, 11) is 0. The van der Waals surface area contributed by atoms with Gasteiger partial charge in [-0.2, -0.15) is 0 Å². The molecule has 1 aromatic carbocycles. The van der Waals surface area contributed by atoms with Crippen molar-refractivity contribution in [2.24, 2.45) is 5.73 Å². The van der Waals surface area contributed by atoms with E-state index < -0.39 is 0 Å². The Morgan fingerprint density at radius 1 is 1.38 bits per heavy atom. The largest absolute Gasteiger partial charge is 0.321 e. The van der Waals surface area contributed by atoms with Crippen LogP contribution < -0.4 is 5.73 Å². The SMILES string of the molecule is Cc1cccc(F)c1C1(N)CC1.Cl. The third-order valence-corrected chi connectivity index (χ3v) is 2.51. The lowest BCUT2D eigenvalue weighted by atomic mass is 9.99. The Morgan fingerprint density at radius 3 is 2.46 bits per heavy atom. The topological polar surface area (TPSA) is 26.0 Å². The first-order valence-electron chi connectivity index (χ1n) is 4.18. The number of hydrogen-bond acceptors (Lipinski definition) is 1. The molecule has 2 N–H and O–H groups in total. The van der Waals surface area contributed by atoms with Crippen LogP contribution in [0.15, 0.2) is 18.2 Å². The van der Waals surface area contributed by atoms with Crippen LogP contribution in [0.2, 0.25) is 0 Å². The third kappa shape index (κ3) is 1.69. The van der Waals surface area contributed by atoms with Gasteiger partial charge in [0.2, 0.25) is 0 Å². The van der Waals surface area contributed by atoms with Crippen LogP contribution in [-0.2, 0) is 5.54 Å². The lowest BCUT2D eigenvalue weighted by Crippen LogP contribution is -2.21. The molecule has 0 bridgehead atoms. The summed E-state index contributed by atoms with van der Waals surface area (Å²) in [5.41, 5.74) is 7.26. The molecule has 0 spiro atoms. The normalized spacial score (nSPS) is 17.8. The Morgan fingerprint density at radius 2 is 2.00 bits per heavy atom. The quantitative estimate of drug-likeness (QED) is 0.743. The summed E-state index contributed by atoms with van der Waals surface area (Å²) >= 11 is 0. The number of aryl methyl sites for hydroxylation is 1. The lowest BCUT2D eigenvalue weighted by molar-refractivity contribution is 0.575. The molecule has 1 aromatic rings. The second-order valence-corrected chi connectivity index (χ2v) is 3.59. The van der Waals surface area contributed by atoms with Crippen molar-refractivity contribution >= 4 is 12.4 Å². The predicted molar refractivity (Wildman–Crippen MR) is 53.5 cm³/mol. The van der Waals surface area contributed by atoms with E-state index in [1.165, 1.54) is 6.07 Å². The van der Waals surface area contributed by atoms with Gasteiger partial charge in [-0.15, -0.1) is 12.4 Å². The minimum atomic E-state index is -0.352. The molecule has 13 heavy (non-hydrogen) atoms. The van der Waals surface area contributed by atoms with Gasteiger partial charge in [-0.25, -0.2) is 4.39 Å². The molecule has 0 aromatic heterocycles.